The molecule has 1 atom stereocenters. The zero-order valence-electron chi connectivity index (χ0n) is 15.9. The molecule has 7 nitrogen and oxygen atoms in total. The number of amides is 1. The van der Waals surface area contributed by atoms with E-state index in [0.29, 0.717) is 12.2 Å². The number of hydrogen-bond acceptors (Lipinski definition) is 5. The number of rotatable bonds is 8. The predicted octanol–water partition coefficient (Wildman–Crippen LogP) is 0.595. The monoisotopic (exact) mass is 382 g/mol. The van der Waals surface area contributed by atoms with E-state index in [1.54, 1.807) is 31.2 Å². The number of anilines is 1. The molecule has 8 heteroatoms. The molecule has 1 fully saturated rings. The zero-order valence-corrected chi connectivity index (χ0v) is 16.7. The smallest absolute Gasteiger partial charge is 0.243 e. The number of benzene rings is 1. The fourth-order valence-electron chi connectivity index (χ4n) is 3.12. The summed E-state index contributed by atoms with van der Waals surface area (Å²) in [5.41, 5.74) is 0.495. The number of para-hydroxylation sites is 1. The molecule has 1 saturated heterocycles. The summed E-state index contributed by atoms with van der Waals surface area (Å²) in [6.07, 6.45) is 1.98. The van der Waals surface area contributed by atoms with Gasteiger partial charge in [-0.15, -0.1) is 0 Å². The summed E-state index contributed by atoms with van der Waals surface area (Å²) < 4.78 is 25.5. The molecule has 26 heavy (non-hydrogen) atoms. The first kappa shape index (κ1) is 20.7. The number of nitrogens with zero attached hydrogens (tertiary/aromatic N) is 3. The van der Waals surface area contributed by atoms with Crippen LogP contribution in [0, 0.1) is 0 Å². The van der Waals surface area contributed by atoms with Gasteiger partial charge in [0.05, 0.1) is 11.9 Å². The van der Waals surface area contributed by atoms with Crippen molar-refractivity contribution in [2.24, 2.45) is 0 Å². The summed E-state index contributed by atoms with van der Waals surface area (Å²) in [6, 6.07) is 7.92. The highest BCUT2D eigenvalue weighted by Gasteiger charge is 2.28. The highest BCUT2D eigenvalue weighted by molar-refractivity contribution is 7.92. The van der Waals surface area contributed by atoms with E-state index in [0.717, 1.165) is 45.4 Å². The van der Waals surface area contributed by atoms with Gasteiger partial charge in [0.25, 0.3) is 0 Å². The molecule has 0 bridgehead atoms. The molecule has 1 aliphatic heterocycles. The van der Waals surface area contributed by atoms with Crippen molar-refractivity contribution in [3.8, 4) is 0 Å². The van der Waals surface area contributed by atoms with Crippen molar-refractivity contribution in [3.63, 3.8) is 0 Å². The maximum Gasteiger partial charge on any atom is 0.243 e. The summed E-state index contributed by atoms with van der Waals surface area (Å²) in [6.45, 7) is 7.35. The molecule has 146 valence electrons. The van der Waals surface area contributed by atoms with Crippen LogP contribution in [-0.4, -0.2) is 82.7 Å². The summed E-state index contributed by atoms with van der Waals surface area (Å²) >= 11 is 0. The van der Waals surface area contributed by atoms with Crippen LogP contribution < -0.4 is 9.62 Å². The Bertz CT molecular complexity index is 673. The van der Waals surface area contributed by atoms with E-state index in [-0.39, 0.29) is 5.91 Å². The van der Waals surface area contributed by atoms with Crippen LogP contribution in [0.4, 0.5) is 5.69 Å². The minimum Gasteiger partial charge on any atom is -0.354 e. The third kappa shape index (κ3) is 5.96. The Kier molecular flexibility index (Phi) is 7.43. The van der Waals surface area contributed by atoms with Crippen LogP contribution in [0.5, 0.6) is 0 Å². The van der Waals surface area contributed by atoms with Gasteiger partial charge in [0.2, 0.25) is 15.9 Å². The Morgan fingerprint density at radius 3 is 2.38 bits per heavy atom. The second-order valence-corrected chi connectivity index (χ2v) is 8.72. The number of sulfonamides is 1. The lowest BCUT2D eigenvalue weighted by atomic mass is 10.2. The first-order valence-electron chi connectivity index (χ1n) is 9.02. The van der Waals surface area contributed by atoms with Gasteiger partial charge in [-0.2, -0.15) is 0 Å². The van der Waals surface area contributed by atoms with Gasteiger partial charge < -0.3 is 15.1 Å². The summed E-state index contributed by atoms with van der Waals surface area (Å²) in [5.74, 6) is -0.280. The average molecular weight is 383 g/mol. The minimum absolute atomic E-state index is 0.280. The summed E-state index contributed by atoms with van der Waals surface area (Å²) in [4.78, 5) is 17.2. The minimum atomic E-state index is -3.56. The van der Waals surface area contributed by atoms with E-state index in [1.807, 2.05) is 6.07 Å². The average Bonchev–Trinajstić information content (AvgIpc) is 2.60. The molecule has 1 N–H and O–H groups in total. The van der Waals surface area contributed by atoms with Crippen LogP contribution in [0.15, 0.2) is 30.3 Å². The molecule has 1 aromatic carbocycles. The van der Waals surface area contributed by atoms with Gasteiger partial charge in [-0.05, 0) is 39.1 Å². The maximum absolute atomic E-state index is 12.5. The molecule has 1 amide bonds. The van der Waals surface area contributed by atoms with Gasteiger partial charge >= 0.3 is 0 Å². The quantitative estimate of drug-likeness (QED) is 0.667. The molecule has 2 rings (SSSR count). The number of carbonyl (C=O) groups excluding carboxylic acids is 1. The molecule has 1 unspecified atom stereocenters. The highest BCUT2D eigenvalue weighted by Crippen LogP contribution is 2.20. The molecule has 1 aliphatic rings. The van der Waals surface area contributed by atoms with Gasteiger partial charge in [0.1, 0.15) is 6.04 Å². The van der Waals surface area contributed by atoms with Crippen molar-refractivity contribution in [2.45, 2.75) is 19.4 Å². The third-order valence-corrected chi connectivity index (χ3v) is 5.89. The Hall–Kier alpha value is -1.64. The number of carbonyl (C=O) groups is 1. The lowest BCUT2D eigenvalue weighted by molar-refractivity contribution is -0.121. The fourth-order valence-corrected chi connectivity index (χ4v) is 4.29. The second-order valence-electron chi connectivity index (χ2n) is 6.86. The number of hydrogen-bond donors (Lipinski definition) is 1. The van der Waals surface area contributed by atoms with Crippen LogP contribution in [0.3, 0.4) is 0 Å². The standard InChI is InChI=1S/C18H30N4O3S/c1-16(22(26(3,24)25)17-8-5-4-6-9-17)18(23)19-10-7-11-21-14-12-20(2)13-15-21/h4-6,8-9,16H,7,10-15H2,1-3H3,(H,19,23). The van der Waals surface area contributed by atoms with E-state index in [2.05, 4.69) is 22.2 Å². The van der Waals surface area contributed by atoms with Crippen LogP contribution in [0.25, 0.3) is 0 Å². The number of nitrogens with one attached hydrogen (secondary N) is 1. The van der Waals surface area contributed by atoms with Crippen molar-refractivity contribution in [3.05, 3.63) is 30.3 Å². The molecule has 0 aromatic heterocycles. The van der Waals surface area contributed by atoms with Crippen molar-refractivity contribution in [1.29, 1.82) is 0 Å². The van der Waals surface area contributed by atoms with Crippen LogP contribution >= 0.6 is 0 Å². The van der Waals surface area contributed by atoms with Crippen molar-refractivity contribution in [2.75, 3.05) is 56.9 Å². The first-order chi connectivity index (χ1) is 12.3. The lowest BCUT2D eigenvalue weighted by Gasteiger charge is -2.32. The number of piperazine rings is 1. The van der Waals surface area contributed by atoms with Crippen molar-refractivity contribution in [1.82, 2.24) is 15.1 Å². The highest BCUT2D eigenvalue weighted by atomic mass is 32.2. The molecule has 0 aliphatic carbocycles. The Labute approximate surface area is 157 Å². The Balaban J connectivity index is 1.85. The summed E-state index contributed by atoms with van der Waals surface area (Å²) in [7, 11) is -1.43. The van der Waals surface area contributed by atoms with Crippen LogP contribution in [0.1, 0.15) is 13.3 Å². The molecular formula is C18H30N4O3S. The number of likely N-dealkylation sites (N-methyl/N-ethyl adjacent to an activating group) is 1. The van der Waals surface area contributed by atoms with Crippen LogP contribution in [-0.2, 0) is 14.8 Å². The predicted molar refractivity (Wildman–Crippen MR) is 105 cm³/mol. The van der Waals surface area contributed by atoms with E-state index in [9.17, 15) is 13.2 Å². The zero-order chi connectivity index (χ0) is 19.2. The molecule has 1 aromatic rings. The topological polar surface area (TPSA) is 73.0 Å². The SMILES string of the molecule is CC(C(=O)NCCCN1CCN(C)CC1)N(c1ccccc1)S(C)(=O)=O. The van der Waals surface area contributed by atoms with Gasteiger partial charge in [-0.1, -0.05) is 18.2 Å². The van der Waals surface area contributed by atoms with Crippen molar-refractivity contribution < 1.29 is 13.2 Å². The van der Waals surface area contributed by atoms with E-state index >= 15 is 0 Å². The second kappa shape index (κ2) is 9.34. The van der Waals surface area contributed by atoms with Gasteiger partial charge in [-0.3, -0.25) is 9.10 Å². The Morgan fingerprint density at radius 2 is 1.81 bits per heavy atom. The molecule has 0 spiro atoms. The van der Waals surface area contributed by atoms with Crippen LogP contribution in [0.2, 0.25) is 0 Å². The van der Waals surface area contributed by atoms with Gasteiger partial charge in [0.15, 0.2) is 0 Å². The fraction of sp³-hybridized carbons (Fsp3) is 0.611. The van der Waals surface area contributed by atoms with E-state index < -0.39 is 16.1 Å². The molecular weight excluding hydrogens is 352 g/mol. The molecule has 0 saturated carbocycles. The maximum atomic E-state index is 12.5. The lowest BCUT2D eigenvalue weighted by Crippen LogP contribution is -2.48. The largest absolute Gasteiger partial charge is 0.354 e. The normalized spacial score (nSPS) is 17.7. The first-order valence-corrected chi connectivity index (χ1v) is 10.9. The van der Waals surface area contributed by atoms with E-state index in [4.69, 9.17) is 0 Å². The molecule has 1 heterocycles. The van der Waals surface area contributed by atoms with E-state index in [1.165, 1.54) is 4.31 Å². The van der Waals surface area contributed by atoms with Gasteiger partial charge in [0, 0.05) is 32.7 Å². The third-order valence-electron chi connectivity index (χ3n) is 4.65. The Morgan fingerprint density at radius 1 is 1.19 bits per heavy atom. The molecule has 0 radical (unpaired) electrons. The van der Waals surface area contributed by atoms with Crippen molar-refractivity contribution >= 4 is 21.6 Å². The summed E-state index contributed by atoms with van der Waals surface area (Å²) in [5, 5.41) is 2.87. The van der Waals surface area contributed by atoms with Gasteiger partial charge in [-0.25, -0.2) is 8.42 Å².